The molecule has 2 aromatic rings. The normalized spacial score (nSPS) is 28.5. The lowest BCUT2D eigenvalue weighted by Crippen LogP contribution is -2.69. The zero-order chi connectivity index (χ0) is 24.4. The van der Waals surface area contributed by atoms with Crippen LogP contribution in [0.25, 0.3) is 0 Å². The Hall–Kier alpha value is -3.06. The van der Waals surface area contributed by atoms with E-state index in [4.69, 9.17) is 0 Å². The summed E-state index contributed by atoms with van der Waals surface area (Å²) in [5.41, 5.74) is 2.14. The molecule has 3 saturated heterocycles. The van der Waals surface area contributed by atoms with Crippen molar-refractivity contribution in [2.45, 2.75) is 51.1 Å². The summed E-state index contributed by atoms with van der Waals surface area (Å²) < 4.78 is 0. The van der Waals surface area contributed by atoms with Crippen molar-refractivity contribution in [3.8, 4) is 0 Å². The molecule has 2 aromatic carbocycles. The second-order valence-corrected chi connectivity index (χ2v) is 16.6. The van der Waals surface area contributed by atoms with E-state index >= 15 is 0 Å². The lowest BCUT2D eigenvalue weighted by Gasteiger charge is -2.55. The van der Waals surface area contributed by atoms with Crippen molar-refractivity contribution in [2.75, 3.05) is 4.90 Å². The van der Waals surface area contributed by atoms with Crippen molar-refractivity contribution >= 4 is 37.3 Å². The minimum absolute atomic E-state index is 0.0125. The molecular formula is C27H30N2O4Si. The molecule has 3 heterocycles. The van der Waals surface area contributed by atoms with Crippen molar-refractivity contribution in [1.82, 2.24) is 4.90 Å². The number of hydrogen-bond donors (Lipinski definition) is 0. The number of piperidine rings is 2. The first-order chi connectivity index (χ1) is 16.1. The van der Waals surface area contributed by atoms with Crippen LogP contribution in [0.1, 0.15) is 22.3 Å². The summed E-state index contributed by atoms with van der Waals surface area (Å²) in [5, 5.41) is 0. The summed E-state index contributed by atoms with van der Waals surface area (Å²) in [7, 11) is -1.73. The molecule has 4 aliphatic rings. The fourth-order valence-electron chi connectivity index (χ4n) is 6.14. The molecule has 3 aliphatic heterocycles. The van der Waals surface area contributed by atoms with E-state index < -0.39 is 31.9 Å². The maximum absolute atomic E-state index is 13.9. The summed E-state index contributed by atoms with van der Waals surface area (Å²) in [6, 6.07) is 16.1. The number of carbonyl (C=O) groups is 4. The number of aryl methyl sites for hydroxylation is 1. The van der Waals surface area contributed by atoms with Gasteiger partial charge in [-0.2, -0.15) is 0 Å². The van der Waals surface area contributed by atoms with E-state index in [0.29, 0.717) is 17.3 Å². The molecular weight excluding hydrogens is 444 g/mol. The van der Waals surface area contributed by atoms with Gasteiger partial charge in [-0.3, -0.25) is 19.2 Å². The van der Waals surface area contributed by atoms with Crippen LogP contribution < -0.4 is 4.90 Å². The highest BCUT2D eigenvalue weighted by atomic mass is 28.3. The van der Waals surface area contributed by atoms with Crippen LogP contribution in [-0.4, -0.2) is 48.6 Å². The third-order valence-electron chi connectivity index (χ3n) is 7.48. The molecule has 0 spiro atoms. The number of ketones is 1. The molecule has 1 aliphatic carbocycles. The second-order valence-electron chi connectivity index (χ2n) is 11.1. The first-order valence-electron chi connectivity index (χ1n) is 11.9. The van der Waals surface area contributed by atoms with Gasteiger partial charge in [-0.1, -0.05) is 55.5 Å². The SMILES string of the molecule is Cc1ccc(C(=O)N2C(C[Si](C)(C)C)C3C(=O)CC2C2C(=O)N(c4ccccc4)C(=O)C32)cc1. The molecule has 0 aromatic heterocycles. The van der Waals surface area contributed by atoms with Gasteiger partial charge in [-0.25, -0.2) is 4.90 Å². The standard InChI is InChI=1S/C27H30N2O4Si/c1-16-10-12-17(13-11-16)25(31)29-19-14-21(30)22(20(29)15-34(2,3)4)24-23(19)26(32)28(27(24)33)18-8-6-5-7-9-18/h5-13,19-20,22-24H,14-15H2,1-4H3. The molecule has 0 radical (unpaired) electrons. The van der Waals surface area contributed by atoms with Gasteiger partial charge < -0.3 is 4.90 Å². The van der Waals surface area contributed by atoms with E-state index in [1.165, 1.54) is 4.90 Å². The number of hydrogen-bond acceptors (Lipinski definition) is 4. The molecule has 0 N–H and O–H groups in total. The molecule has 6 rings (SSSR count). The van der Waals surface area contributed by atoms with Crippen LogP contribution in [0.2, 0.25) is 25.7 Å². The van der Waals surface area contributed by atoms with E-state index in [1.54, 1.807) is 24.3 Å². The Morgan fingerprint density at radius 1 is 0.882 bits per heavy atom. The third-order valence-corrected chi connectivity index (χ3v) is 9.12. The average molecular weight is 475 g/mol. The van der Waals surface area contributed by atoms with E-state index in [-0.39, 0.29) is 36.0 Å². The molecule has 5 atom stereocenters. The Kier molecular flexibility index (Phi) is 5.35. The summed E-state index contributed by atoms with van der Waals surface area (Å²) in [5.74, 6) is -2.74. The molecule has 3 amide bonds. The van der Waals surface area contributed by atoms with E-state index in [9.17, 15) is 19.2 Å². The van der Waals surface area contributed by atoms with Crippen LogP contribution in [-0.2, 0) is 14.4 Å². The number of imide groups is 1. The zero-order valence-corrected chi connectivity index (χ0v) is 21.0. The number of benzene rings is 2. The van der Waals surface area contributed by atoms with Gasteiger partial charge in [-0.05, 0) is 37.2 Å². The minimum atomic E-state index is -1.73. The molecule has 2 bridgehead atoms. The van der Waals surface area contributed by atoms with Gasteiger partial charge in [0.15, 0.2) is 0 Å². The zero-order valence-electron chi connectivity index (χ0n) is 20.0. The maximum atomic E-state index is 13.9. The van der Waals surface area contributed by atoms with Crippen LogP contribution in [0, 0.1) is 24.7 Å². The lowest BCUT2D eigenvalue weighted by molar-refractivity contribution is -0.152. The summed E-state index contributed by atoms with van der Waals surface area (Å²) >= 11 is 0. The highest BCUT2D eigenvalue weighted by molar-refractivity contribution is 6.76. The third kappa shape index (κ3) is 3.53. The Bertz CT molecular complexity index is 1170. The van der Waals surface area contributed by atoms with Gasteiger partial charge in [0.25, 0.3) is 5.91 Å². The number of amides is 3. The molecule has 176 valence electrons. The van der Waals surface area contributed by atoms with Crippen LogP contribution in [0.4, 0.5) is 5.69 Å². The van der Waals surface area contributed by atoms with Crippen molar-refractivity contribution in [3.63, 3.8) is 0 Å². The molecule has 6 nitrogen and oxygen atoms in total. The Morgan fingerprint density at radius 2 is 1.50 bits per heavy atom. The lowest BCUT2D eigenvalue weighted by atomic mass is 9.62. The van der Waals surface area contributed by atoms with Gasteiger partial charge in [0.05, 0.1) is 29.5 Å². The number of Topliss-reactive ketones (excluding diaryl/α,β-unsaturated/α-hetero) is 1. The van der Waals surface area contributed by atoms with Gasteiger partial charge in [0, 0.05) is 26.1 Å². The van der Waals surface area contributed by atoms with Crippen LogP contribution in [0.3, 0.4) is 0 Å². The maximum Gasteiger partial charge on any atom is 0.254 e. The monoisotopic (exact) mass is 474 g/mol. The number of para-hydroxylation sites is 1. The Balaban J connectivity index is 1.61. The highest BCUT2D eigenvalue weighted by Gasteiger charge is 2.67. The van der Waals surface area contributed by atoms with Crippen molar-refractivity contribution < 1.29 is 19.2 Å². The first-order valence-corrected chi connectivity index (χ1v) is 15.6. The topological polar surface area (TPSA) is 74.8 Å². The smallest absolute Gasteiger partial charge is 0.254 e. The second kappa shape index (κ2) is 8.01. The van der Waals surface area contributed by atoms with Gasteiger partial charge in [0.1, 0.15) is 5.78 Å². The van der Waals surface area contributed by atoms with Crippen molar-refractivity contribution in [3.05, 3.63) is 65.7 Å². The van der Waals surface area contributed by atoms with Gasteiger partial charge in [-0.15, -0.1) is 0 Å². The predicted octanol–water partition coefficient (Wildman–Crippen LogP) is 3.92. The number of nitrogens with zero attached hydrogens (tertiary/aromatic N) is 2. The van der Waals surface area contributed by atoms with Gasteiger partial charge >= 0.3 is 0 Å². The van der Waals surface area contributed by atoms with Crippen LogP contribution >= 0.6 is 0 Å². The fourth-order valence-corrected chi connectivity index (χ4v) is 7.84. The Labute approximate surface area is 200 Å². The first kappa shape index (κ1) is 22.7. The Morgan fingerprint density at radius 3 is 2.12 bits per heavy atom. The number of rotatable bonds is 4. The largest absolute Gasteiger partial charge is 0.331 e. The van der Waals surface area contributed by atoms with E-state index in [2.05, 4.69) is 19.6 Å². The molecule has 34 heavy (non-hydrogen) atoms. The average Bonchev–Trinajstić information content (AvgIpc) is 3.04. The van der Waals surface area contributed by atoms with E-state index in [0.717, 1.165) is 5.56 Å². The summed E-state index contributed by atoms with van der Waals surface area (Å²) in [6.07, 6.45) is 0.132. The summed E-state index contributed by atoms with van der Waals surface area (Å²) in [4.78, 5) is 57.5. The van der Waals surface area contributed by atoms with Crippen LogP contribution in [0.15, 0.2) is 54.6 Å². The summed E-state index contributed by atoms with van der Waals surface area (Å²) in [6.45, 7) is 8.60. The fraction of sp³-hybridized carbons (Fsp3) is 0.407. The van der Waals surface area contributed by atoms with E-state index in [1.807, 2.05) is 42.2 Å². The molecule has 1 saturated carbocycles. The molecule has 4 fully saturated rings. The number of anilines is 1. The van der Waals surface area contributed by atoms with Crippen molar-refractivity contribution in [1.29, 1.82) is 0 Å². The highest BCUT2D eigenvalue weighted by Crippen LogP contribution is 2.52. The predicted molar refractivity (Wildman–Crippen MR) is 132 cm³/mol. The van der Waals surface area contributed by atoms with Crippen LogP contribution in [0.5, 0.6) is 0 Å². The van der Waals surface area contributed by atoms with Gasteiger partial charge in [0.2, 0.25) is 11.8 Å². The number of fused-ring (bicyclic) bond motifs is 2. The molecule has 5 unspecified atom stereocenters. The minimum Gasteiger partial charge on any atom is -0.331 e. The molecule has 7 heteroatoms. The van der Waals surface area contributed by atoms with Crippen molar-refractivity contribution in [2.24, 2.45) is 17.8 Å². The number of carbonyl (C=O) groups excluding carboxylic acids is 4. The quantitative estimate of drug-likeness (QED) is 0.497.